The van der Waals surface area contributed by atoms with Gasteiger partial charge in [-0.15, -0.1) is 5.10 Å². The normalized spacial score (nSPS) is 10.5. The zero-order valence-electron chi connectivity index (χ0n) is 6.78. The fraction of sp³-hybridized carbons (Fsp3) is 0.500. The lowest BCUT2D eigenvalue weighted by molar-refractivity contribution is 0.0516. The third-order valence-electron chi connectivity index (χ3n) is 1.19. The predicted molar refractivity (Wildman–Crippen MR) is 37.2 cm³/mol. The fourth-order valence-electron chi connectivity index (χ4n) is 0.671. The van der Waals surface area contributed by atoms with Crippen molar-refractivity contribution in [1.82, 2.24) is 15.0 Å². The van der Waals surface area contributed by atoms with E-state index in [0.717, 1.165) is 6.20 Å². The summed E-state index contributed by atoms with van der Waals surface area (Å²) in [7, 11) is 0. The molecule has 0 unspecified atom stereocenters. The SMILES string of the molecule is CCOC(=O)c1cn(C(F)F)nn1. The van der Waals surface area contributed by atoms with Crippen LogP contribution in [0.3, 0.4) is 0 Å². The van der Waals surface area contributed by atoms with Crippen LogP contribution in [0.25, 0.3) is 0 Å². The van der Waals surface area contributed by atoms with Gasteiger partial charge in [0, 0.05) is 0 Å². The van der Waals surface area contributed by atoms with Crippen molar-refractivity contribution >= 4 is 5.97 Å². The van der Waals surface area contributed by atoms with Gasteiger partial charge in [-0.2, -0.15) is 13.5 Å². The van der Waals surface area contributed by atoms with Gasteiger partial charge in [0.1, 0.15) is 0 Å². The molecule has 0 saturated carbocycles. The van der Waals surface area contributed by atoms with Crippen molar-refractivity contribution in [3.63, 3.8) is 0 Å². The molecule has 7 heteroatoms. The average Bonchev–Trinajstić information content (AvgIpc) is 2.52. The van der Waals surface area contributed by atoms with Crippen LogP contribution < -0.4 is 0 Å². The van der Waals surface area contributed by atoms with Crippen LogP contribution in [0.15, 0.2) is 6.20 Å². The van der Waals surface area contributed by atoms with Gasteiger partial charge in [-0.3, -0.25) is 0 Å². The largest absolute Gasteiger partial charge is 0.461 e. The highest BCUT2D eigenvalue weighted by molar-refractivity contribution is 5.86. The van der Waals surface area contributed by atoms with Crippen molar-refractivity contribution in [2.24, 2.45) is 0 Å². The number of nitrogens with zero attached hydrogens (tertiary/aromatic N) is 3. The van der Waals surface area contributed by atoms with Gasteiger partial charge in [0.15, 0.2) is 5.69 Å². The summed E-state index contributed by atoms with van der Waals surface area (Å²) in [6.45, 7) is -1.02. The van der Waals surface area contributed by atoms with Gasteiger partial charge in [0.25, 0.3) is 0 Å². The maximum atomic E-state index is 11.9. The number of rotatable bonds is 3. The molecule has 0 aliphatic heterocycles. The molecule has 72 valence electrons. The van der Waals surface area contributed by atoms with E-state index in [9.17, 15) is 13.6 Å². The molecule has 0 aromatic carbocycles. The van der Waals surface area contributed by atoms with Crippen LogP contribution in [0.2, 0.25) is 0 Å². The van der Waals surface area contributed by atoms with Crippen LogP contribution in [-0.4, -0.2) is 27.6 Å². The molecule has 0 atom stereocenters. The number of carbonyl (C=O) groups excluding carboxylic acids is 1. The van der Waals surface area contributed by atoms with Gasteiger partial charge in [-0.25, -0.2) is 4.79 Å². The monoisotopic (exact) mass is 191 g/mol. The van der Waals surface area contributed by atoms with Gasteiger partial charge < -0.3 is 4.74 Å². The molecule has 0 saturated heterocycles. The lowest BCUT2D eigenvalue weighted by Gasteiger charge is -1.95. The topological polar surface area (TPSA) is 57.0 Å². The van der Waals surface area contributed by atoms with Crippen LogP contribution >= 0.6 is 0 Å². The Labute approximate surface area is 72.3 Å². The Morgan fingerprint density at radius 2 is 2.46 bits per heavy atom. The van der Waals surface area contributed by atoms with Crippen LogP contribution in [0.4, 0.5) is 8.78 Å². The van der Waals surface area contributed by atoms with E-state index < -0.39 is 12.5 Å². The molecule has 1 aromatic rings. The minimum Gasteiger partial charge on any atom is -0.461 e. The number of ether oxygens (including phenoxy) is 1. The fourth-order valence-corrected chi connectivity index (χ4v) is 0.671. The van der Waals surface area contributed by atoms with Crippen LogP contribution in [0, 0.1) is 0 Å². The molecule has 0 N–H and O–H groups in total. The van der Waals surface area contributed by atoms with Gasteiger partial charge in [0.2, 0.25) is 0 Å². The van der Waals surface area contributed by atoms with Crippen molar-refractivity contribution in [2.75, 3.05) is 6.61 Å². The Kier molecular flexibility index (Phi) is 2.88. The van der Waals surface area contributed by atoms with E-state index in [1.165, 1.54) is 0 Å². The number of halogens is 2. The lowest BCUT2D eigenvalue weighted by Crippen LogP contribution is -2.04. The first-order valence-electron chi connectivity index (χ1n) is 3.52. The smallest absolute Gasteiger partial charge is 0.360 e. The van der Waals surface area contributed by atoms with Crippen molar-refractivity contribution < 1.29 is 18.3 Å². The molecule has 13 heavy (non-hydrogen) atoms. The van der Waals surface area contributed by atoms with Crippen molar-refractivity contribution in [3.05, 3.63) is 11.9 Å². The van der Waals surface area contributed by atoms with Gasteiger partial charge in [-0.1, -0.05) is 5.21 Å². The average molecular weight is 191 g/mol. The second-order valence-electron chi connectivity index (χ2n) is 2.08. The summed E-state index contributed by atoms with van der Waals surface area (Å²) in [6, 6.07) is 0. The highest BCUT2D eigenvalue weighted by Gasteiger charge is 2.14. The third kappa shape index (κ3) is 2.20. The molecular weight excluding hydrogens is 184 g/mol. The molecular formula is C6H7F2N3O2. The summed E-state index contributed by atoms with van der Waals surface area (Å²) < 4.78 is 28.7. The van der Waals surface area contributed by atoms with Crippen molar-refractivity contribution in [2.45, 2.75) is 13.5 Å². The first kappa shape index (κ1) is 9.56. The zero-order chi connectivity index (χ0) is 9.84. The summed E-state index contributed by atoms with van der Waals surface area (Å²) in [4.78, 5) is 10.9. The molecule has 1 rings (SSSR count). The molecule has 1 aromatic heterocycles. The number of esters is 1. The van der Waals surface area contributed by atoms with Gasteiger partial charge in [0.05, 0.1) is 12.8 Å². The van der Waals surface area contributed by atoms with E-state index in [2.05, 4.69) is 15.0 Å². The second-order valence-corrected chi connectivity index (χ2v) is 2.08. The Morgan fingerprint density at radius 3 is 2.92 bits per heavy atom. The number of alkyl halides is 2. The molecule has 0 bridgehead atoms. The van der Waals surface area contributed by atoms with E-state index in [1.54, 1.807) is 6.92 Å². The number of aromatic nitrogens is 3. The van der Waals surface area contributed by atoms with Gasteiger partial charge in [-0.05, 0) is 6.92 Å². The van der Waals surface area contributed by atoms with Crippen LogP contribution in [-0.2, 0) is 4.74 Å². The van der Waals surface area contributed by atoms with Crippen molar-refractivity contribution in [1.29, 1.82) is 0 Å². The molecule has 0 fully saturated rings. The highest BCUT2D eigenvalue weighted by atomic mass is 19.3. The molecule has 0 aliphatic carbocycles. The summed E-state index contributed by atoms with van der Waals surface area (Å²) in [5.41, 5.74) is -0.220. The lowest BCUT2D eigenvalue weighted by atomic mass is 10.5. The molecule has 1 heterocycles. The molecule has 0 spiro atoms. The van der Waals surface area contributed by atoms with E-state index in [0.29, 0.717) is 0 Å². The second kappa shape index (κ2) is 3.92. The minimum absolute atomic E-state index is 0.167. The molecule has 0 radical (unpaired) electrons. The summed E-state index contributed by atoms with van der Waals surface area (Å²) >= 11 is 0. The summed E-state index contributed by atoms with van der Waals surface area (Å²) in [5, 5.41) is 6.25. The molecule has 5 nitrogen and oxygen atoms in total. The summed E-state index contributed by atoms with van der Waals surface area (Å²) in [5.74, 6) is -0.755. The van der Waals surface area contributed by atoms with E-state index >= 15 is 0 Å². The Bertz CT molecular complexity index is 300. The zero-order valence-corrected chi connectivity index (χ0v) is 6.78. The Morgan fingerprint density at radius 1 is 1.77 bits per heavy atom. The minimum atomic E-state index is -2.80. The van der Waals surface area contributed by atoms with Crippen LogP contribution in [0.1, 0.15) is 24.0 Å². The highest BCUT2D eigenvalue weighted by Crippen LogP contribution is 2.07. The van der Waals surface area contributed by atoms with Crippen LogP contribution in [0.5, 0.6) is 0 Å². The maximum Gasteiger partial charge on any atom is 0.360 e. The predicted octanol–water partition coefficient (Wildman–Crippen LogP) is 0.850. The van der Waals surface area contributed by atoms with Crippen molar-refractivity contribution in [3.8, 4) is 0 Å². The molecule has 0 amide bonds. The number of hydrogen-bond donors (Lipinski definition) is 0. The standard InChI is InChI=1S/C6H7F2N3O2/c1-2-13-5(12)4-3-11(6(7)8)10-9-4/h3,6H,2H2,1H3. The Hall–Kier alpha value is -1.53. The summed E-state index contributed by atoms with van der Waals surface area (Å²) in [6.07, 6.45) is 0.836. The third-order valence-corrected chi connectivity index (χ3v) is 1.19. The van der Waals surface area contributed by atoms with E-state index in [1.807, 2.05) is 0 Å². The number of carbonyl (C=O) groups is 1. The molecule has 0 aliphatic rings. The Balaban J connectivity index is 2.73. The first-order valence-corrected chi connectivity index (χ1v) is 3.52. The van der Waals surface area contributed by atoms with E-state index in [-0.39, 0.29) is 17.0 Å². The first-order chi connectivity index (χ1) is 6.15. The maximum absolute atomic E-state index is 11.9. The quantitative estimate of drug-likeness (QED) is 0.664. The van der Waals surface area contributed by atoms with Gasteiger partial charge >= 0.3 is 12.5 Å². The van der Waals surface area contributed by atoms with E-state index in [4.69, 9.17) is 0 Å². The number of hydrogen-bond acceptors (Lipinski definition) is 4.